The van der Waals surface area contributed by atoms with Crippen molar-refractivity contribution < 1.29 is 24.2 Å². The summed E-state index contributed by atoms with van der Waals surface area (Å²) in [5, 5.41) is 9.14. The summed E-state index contributed by atoms with van der Waals surface area (Å²) < 4.78 is 10.2. The van der Waals surface area contributed by atoms with E-state index in [0.29, 0.717) is 13.0 Å². The third-order valence-electron chi connectivity index (χ3n) is 3.59. The lowest BCUT2D eigenvalue weighted by molar-refractivity contribution is -0.151. The lowest BCUT2D eigenvalue weighted by Crippen LogP contribution is -2.47. The molecule has 1 amide bonds. The molecule has 1 saturated heterocycles. The van der Waals surface area contributed by atoms with E-state index in [1.165, 1.54) is 12.0 Å². The van der Waals surface area contributed by atoms with Crippen molar-refractivity contribution in [2.45, 2.75) is 31.6 Å². The molecule has 0 bridgehead atoms. The first-order chi connectivity index (χ1) is 10.1. The maximum atomic E-state index is 12.1. The average molecular weight is 293 g/mol. The molecule has 2 atom stereocenters. The van der Waals surface area contributed by atoms with Crippen molar-refractivity contribution >= 4 is 12.1 Å². The molecule has 1 aromatic rings. The largest absolute Gasteiger partial charge is 0.479 e. The molecule has 1 aliphatic heterocycles. The minimum Gasteiger partial charge on any atom is -0.479 e. The molecule has 2 unspecified atom stereocenters. The van der Waals surface area contributed by atoms with E-state index in [4.69, 9.17) is 14.6 Å². The number of carbonyl (C=O) groups is 2. The van der Waals surface area contributed by atoms with E-state index >= 15 is 0 Å². The number of carboxylic acids is 1. The first-order valence-electron chi connectivity index (χ1n) is 6.86. The minimum atomic E-state index is -1.06. The van der Waals surface area contributed by atoms with Crippen LogP contribution in [-0.2, 0) is 20.9 Å². The standard InChI is InChI=1S/C15H19NO5/c1-20-13(14(17)18)12-8-5-9-16(12)15(19)21-10-11-6-3-2-4-7-11/h2-4,6-7,12-13H,5,8-10H2,1H3,(H,17,18). The fourth-order valence-electron chi connectivity index (χ4n) is 2.56. The Kier molecular flexibility index (Phi) is 5.16. The highest BCUT2D eigenvalue weighted by Crippen LogP contribution is 2.23. The monoisotopic (exact) mass is 293 g/mol. The van der Waals surface area contributed by atoms with Gasteiger partial charge in [0.2, 0.25) is 0 Å². The van der Waals surface area contributed by atoms with Gasteiger partial charge in [-0.05, 0) is 18.4 Å². The van der Waals surface area contributed by atoms with E-state index in [0.717, 1.165) is 12.0 Å². The molecule has 0 aromatic heterocycles. The quantitative estimate of drug-likeness (QED) is 0.897. The second kappa shape index (κ2) is 7.08. The summed E-state index contributed by atoms with van der Waals surface area (Å²) in [6.45, 7) is 0.666. The molecule has 114 valence electrons. The van der Waals surface area contributed by atoms with Crippen molar-refractivity contribution in [2.75, 3.05) is 13.7 Å². The van der Waals surface area contributed by atoms with Gasteiger partial charge in [0.1, 0.15) is 6.61 Å². The number of benzene rings is 1. The zero-order valence-corrected chi connectivity index (χ0v) is 11.9. The van der Waals surface area contributed by atoms with Crippen LogP contribution in [0.4, 0.5) is 4.79 Å². The predicted molar refractivity (Wildman–Crippen MR) is 74.8 cm³/mol. The highest BCUT2D eigenvalue weighted by molar-refractivity contribution is 5.75. The Morgan fingerprint density at radius 3 is 2.71 bits per heavy atom. The van der Waals surface area contributed by atoms with Gasteiger partial charge in [-0.2, -0.15) is 0 Å². The Hall–Kier alpha value is -2.08. The molecule has 0 spiro atoms. The summed E-state index contributed by atoms with van der Waals surface area (Å²) in [5.41, 5.74) is 0.892. The van der Waals surface area contributed by atoms with Crippen LogP contribution in [0.25, 0.3) is 0 Å². The molecule has 2 rings (SSSR count). The van der Waals surface area contributed by atoms with Gasteiger partial charge in [-0.1, -0.05) is 30.3 Å². The third kappa shape index (κ3) is 3.72. The number of rotatable bonds is 5. The number of hydrogen-bond donors (Lipinski definition) is 1. The van der Waals surface area contributed by atoms with Gasteiger partial charge in [0, 0.05) is 13.7 Å². The Morgan fingerprint density at radius 1 is 1.38 bits per heavy atom. The van der Waals surface area contributed by atoms with Crippen molar-refractivity contribution in [1.29, 1.82) is 0 Å². The van der Waals surface area contributed by atoms with Gasteiger partial charge < -0.3 is 19.5 Å². The predicted octanol–water partition coefficient (Wildman–Crippen LogP) is 1.89. The molecular formula is C15H19NO5. The van der Waals surface area contributed by atoms with Crippen molar-refractivity contribution in [3.63, 3.8) is 0 Å². The zero-order chi connectivity index (χ0) is 15.2. The van der Waals surface area contributed by atoms with Gasteiger partial charge in [0.15, 0.2) is 6.10 Å². The van der Waals surface area contributed by atoms with Crippen molar-refractivity contribution in [3.8, 4) is 0 Å². The molecule has 1 aliphatic rings. The van der Waals surface area contributed by atoms with Crippen LogP contribution in [0.2, 0.25) is 0 Å². The van der Waals surface area contributed by atoms with Gasteiger partial charge in [0.05, 0.1) is 6.04 Å². The lowest BCUT2D eigenvalue weighted by Gasteiger charge is -2.27. The van der Waals surface area contributed by atoms with Crippen LogP contribution in [0.1, 0.15) is 18.4 Å². The Balaban J connectivity index is 1.96. The van der Waals surface area contributed by atoms with Crippen LogP contribution in [0, 0.1) is 0 Å². The first kappa shape index (κ1) is 15.3. The van der Waals surface area contributed by atoms with Gasteiger partial charge >= 0.3 is 12.1 Å². The number of hydrogen-bond acceptors (Lipinski definition) is 4. The number of amides is 1. The molecule has 1 heterocycles. The number of carboxylic acid groups (broad SMARTS) is 1. The maximum absolute atomic E-state index is 12.1. The van der Waals surface area contributed by atoms with E-state index < -0.39 is 24.2 Å². The summed E-state index contributed by atoms with van der Waals surface area (Å²) in [7, 11) is 1.34. The number of ether oxygens (including phenoxy) is 2. The van der Waals surface area contributed by atoms with E-state index in [1.54, 1.807) is 0 Å². The highest BCUT2D eigenvalue weighted by atomic mass is 16.6. The number of methoxy groups -OCH3 is 1. The molecule has 6 heteroatoms. The molecule has 0 saturated carbocycles. The SMILES string of the molecule is COC(C(=O)O)C1CCCN1C(=O)OCc1ccccc1. The van der Waals surface area contributed by atoms with Crippen LogP contribution < -0.4 is 0 Å². The van der Waals surface area contributed by atoms with Gasteiger partial charge in [-0.3, -0.25) is 0 Å². The second-order valence-corrected chi connectivity index (χ2v) is 4.94. The summed E-state index contributed by atoms with van der Waals surface area (Å²) in [6.07, 6.45) is -0.162. The van der Waals surface area contributed by atoms with Crippen LogP contribution in [0.3, 0.4) is 0 Å². The van der Waals surface area contributed by atoms with Gasteiger partial charge in [-0.15, -0.1) is 0 Å². The lowest BCUT2D eigenvalue weighted by atomic mass is 10.1. The minimum absolute atomic E-state index is 0.174. The number of carbonyl (C=O) groups excluding carboxylic acids is 1. The molecule has 1 N–H and O–H groups in total. The summed E-state index contributed by atoms with van der Waals surface area (Å²) in [4.78, 5) is 24.7. The Bertz CT molecular complexity index is 490. The maximum Gasteiger partial charge on any atom is 0.410 e. The van der Waals surface area contributed by atoms with Crippen molar-refractivity contribution in [3.05, 3.63) is 35.9 Å². The van der Waals surface area contributed by atoms with E-state index in [2.05, 4.69) is 0 Å². The zero-order valence-electron chi connectivity index (χ0n) is 11.9. The first-order valence-corrected chi connectivity index (χ1v) is 6.86. The topological polar surface area (TPSA) is 76.1 Å². The van der Waals surface area contributed by atoms with E-state index in [-0.39, 0.29) is 6.61 Å². The molecule has 0 radical (unpaired) electrons. The average Bonchev–Trinajstić information content (AvgIpc) is 2.95. The molecule has 21 heavy (non-hydrogen) atoms. The third-order valence-corrected chi connectivity index (χ3v) is 3.59. The van der Waals surface area contributed by atoms with Crippen LogP contribution in [-0.4, -0.2) is 47.9 Å². The molecule has 0 aliphatic carbocycles. The number of likely N-dealkylation sites (tertiary alicyclic amines) is 1. The molecule has 6 nitrogen and oxygen atoms in total. The number of nitrogens with zero attached hydrogens (tertiary/aromatic N) is 1. The fourth-order valence-corrected chi connectivity index (χ4v) is 2.56. The second-order valence-electron chi connectivity index (χ2n) is 4.94. The van der Waals surface area contributed by atoms with Crippen molar-refractivity contribution in [2.24, 2.45) is 0 Å². The molecular weight excluding hydrogens is 274 g/mol. The Labute approximate surface area is 123 Å². The van der Waals surface area contributed by atoms with E-state index in [1.807, 2.05) is 30.3 Å². The summed E-state index contributed by atoms with van der Waals surface area (Å²) in [5.74, 6) is -1.06. The van der Waals surface area contributed by atoms with Crippen LogP contribution in [0.5, 0.6) is 0 Å². The summed E-state index contributed by atoms with van der Waals surface area (Å²) >= 11 is 0. The van der Waals surface area contributed by atoms with Gasteiger partial charge in [0.25, 0.3) is 0 Å². The molecule has 1 aromatic carbocycles. The normalized spacial score (nSPS) is 19.3. The summed E-state index contributed by atoms with van der Waals surface area (Å²) in [6, 6.07) is 8.88. The fraction of sp³-hybridized carbons (Fsp3) is 0.467. The van der Waals surface area contributed by atoms with Gasteiger partial charge in [-0.25, -0.2) is 9.59 Å². The smallest absolute Gasteiger partial charge is 0.410 e. The van der Waals surface area contributed by atoms with E-state index in [9.17, 15) is 9.59 Å². The van der Waals surface area contributed by atoms with Crippen molar-refractivity contribution in [1.82, 2.24) is 4.90 Å². The van der Waals surface area contributed by atoms with Crippen LogP contribution >= 0.6 is 0 Å². The number of aliphatic carboxylic acids is 1. The van der Waals surface area contributed by atoms with Crippen LogP contribution in [0.15, 0.2) is 30.3 Å². The Morgan fingerprint density at radius 2 is 2.10 bits per heavy atom. The molecule has 1 fully saturated rings. The highest BCUT2D eigenvalue weighted by Gasteiger charge is 2.39.